The number of ketones is 1. The van der Waals surface area contributed by atoms with E-state index in [0.29, 0.717) is 19.4 Å². The van der Waals surface area contributed by atoms with Crippen molar-refractivity contribution in [3.05, 3.63) is 35.9 Å². The summed E-state index contributed by atoms with van der Waals surface area (Å²) < 4.78 is 5.11. The Morgan fingerprint density at radius 1 is 1.25 bits per heavy atom. The van der Waals surface area contributed by atoms with Crippen molar-refractivity contribution in [3.63, 3.8) is 0 Å². The van der Waals surface area contributed by atoms with Crippen molar-refractivity contribution in [2.45, 2.75) is 25.5 Å². The van der Waals surface area contributed by atoms with Gasteiger partial charge in [-0.25, -0.2) is 9.59 Å². The summed E-state index contributed by atoms with van der Waals surface area (Å²) in [7, 11) is 0. The molecule has 1 fully saturated rings. The normalized spacial score (nSPS) is 17.8. The maximum atomic E-state index is 11.9. The molecule has 1 N–H and O–H groups in total. The Morgan fingerprint density at radius 2 is 1.95 bits per heavy atom. The van der Waals surface area contributed by atoms with Gasteiger partial charge in [-0.1, -0.05) is 30.3 Å². The first-order valence-electron chi connectivity index (χ1n) is 6.34. The minimum absolute atomic E-state index is 0.101. The first-order valence-corrected chi connectivity index (χ1v) is 6.34. The van der Waals surface area contributed by atoms with E-state index in [9.17, 15) is 14.4 Å². The highest BCUT2D eigenvalue weighted by Gasteiger charge is 2.37. The molecule has 0 bridgehead atoms. The van der Waals surface area contributed by atoms with E-state index >= 15 is 0 Å². The van der Waals surface area contributed by atoms with Gasteiger partial charge in [-0.2, -0.15) is 0 Å². The van der Waals surface area contributed by atoms with Crippen LogP contribution in [0.3, 0.4) is 0 Å². The molecule has 0 aromatic heterocycles. The van der Waals surface area contributed by atoms with E-state index in [1.807, 2.05) is 30.3 Å². The van der Waals surface area contributed by atoms with Crippen LogP contribution in [0.1, 0.15) is 18.4 Å². The van der Waals surface area contributed by atoms with Gasteiger partial charge in [0.1, 0.15) is 12.6 Å². The van der Waals surface area contributed by atoms with E-state index < -0.39 is 23.9 Å². The molecule has 0 aliphatic carbocycles. The topological polar surface area (TPSA) is 83.9 Å². The quantitative estimate of drug-likeness (QED) is 0.842. The molecule has 2 rings (SSSR count). The number of likely N-dealkylation sites (tertiary alicyclic amines) is 1. The van der Waals surface area contributed by atoms with Crippen LogP contribution in [0.2, 0.25) is 0 Å². The van der Waals surface area contributed by atoms with E-state index in [1.165, 1.54) is 4.90 Å². The third kappa shape index (κ3) is 3.14. The zero-order valence-electron chi connectivity index (χ0n) is 10.8. The first-order chi connectivity index (χ1) is 9.59. The second-order valence-corrected chi connectivity index (χ2v) is 4.56. The molecule has 0 saturated carbocycles. The number of ether oxygens (including phenoxy) is 1. The molecule has 0 unspecified atom stereocenters. The molecule has 1 atom stereocenters. The van der Waals surface area contributed by atoms with Crippen LogP contribution in [0, 0.1) is 0 Å². The molecule has 106 valence electrons. The minimum atomic E-state index is -1.52. The molecule has 0 radical (unpaired) electrons. The van der Waals surface area contributed by atoms with Gasteiger partial charge >= 0.3 is 12.1 Å². The SMILES string of the molecule is O=C(O)C(=O)[C@@H]1CCCN1C(=O)OCc1ccccc1. The lowest BCUT2D eigenvalue weighted by molar-refractivity contribution is -0.151. The molecule has 0 spiro atoms. The number of amides is 1. The van der Waals surface area contributed by atoms with Crippen molar-refractivity contribution < 1.29 is 24.2 Å². The number of benzene rings is 1. The van der Waals surface area contributed by atoms with Gasteiger partial charge in [0, 0.05) is 6.54 Å². The number of rotatable bonds is 4. The van der Waals surface area contributed by atoms with Crippen LogP contribution in [0.5, 0.6) is 0 Å². The molecule has 1 aliphatic rings. The van der Waals surface area contributed by atoms with Crippen molar-refractivity contribution in [1.29, 1.82) is 0 Å². The number of hydrogen-bond acceptors (Lipinski definition) is 4. The monoisotopic (exact) mass is 277 g/mol. The highest BCUT2D eigenvalue weighted by molar-refractivity contribution is 6.35. The molecule has 1 saturated heterocycles. The molecule has 1 aliphatic heterocycles. The van der Waals surface area contributed by atoms with E-state index in [2.05, 4.69) is 0 Å². The van der Waals surface area contributed by atoms with Crippen LogP contribution in [0.15, 0.2) is 30.3 Å². The number of carboxylic acids is 1. The Bertz CT molecular complexity index is 514. The number of carbonyl (C=O) groups is 3. The van der Waals surface area contributed by atoms with Gasteiger partial charge < -0.3 is 9.84 Å². The summed E-state index contributed by atoms with van der Waals surface area (Å²) in [6, 6.07) is 8.24. The number of hydrogen-bond donors (Lipinski definition) is 1. The van der Waals surface area contributed by atoms with Crippen LogP contribution >= 0.6 is 0 Å². The van der Waals surface area contributed by atoms with Crippen molar-refractivity contribution in [1.82, 2.24) is 4.90 Å². The number of nitrogens with zero attached hydrogens (tertiary/aromatic N) is 1. The number of carbonyl (C=O) groups excluding carboxylic acids is 2. The van der Waals surface area contributed by atoms with Crippen molar-refractivity contribution in [2.75, 3.05) is 6.54 Å². The molecule has 1 amide bonds. The second kappa shape index (κ2) is 6.18. The summed E-state index contributed by atoms with van der Waals surface area (Å²) in [6.07, 6.45) is 0.321. The fourth-order valence-corrected chi connectivity index (χ4v) is 2.20. The average Bonchev–Trinajstić information content (AvgIpc) is 2.94. The number of carboxylic acid groups (broad SMARTS) is 1. The summed E-state index contributed by atoms with van der Waals surface area (Å²) in [5.74, 6) is -2.48. The highest BCUT2D eigenvalue weighted by atomic mass is 16.6. The third-order valence-corrected chi connectivity index (χ3v) is 3.21. The smallest absolute Gasteiger partial charge is 0.410 e. The lowest BCUT2D eigenvalue weighted by Gasteiger charge is -2.21. The van der Waals surface area contributed by atoms with Crippen molar-refractivity contribution >= 4 is 17.8 Å². The van der Waals surface area contributed by atoms with Gasteiger partial charge in [0.05, 0.1) is 0 Å². The van der Waals surface area contributed by atoms with Crippen LogP contribution in [0.4, 0.5) is 4.79 Å². The van der Waals surface area contributed by atoms with Crippen LogP contribution in [-0.2, 0) is 20.9 Å². The summed E-state index contributed by atoms with van der Waals surface area (Å²) >= 11 is 0. The van der Waals surface area contributed by atoms with Gasteiger partial charge in [-0.3, -0.25) is 9.69 Å². The molecular formula is C14H15NO5. The molecule has 6 nitrogen and oxygen atoms in total. The molecule has 1 aromatic carbocycles. The lowest BCUT2D eigenvalue weighted by Crippen LogP contribution is -2.43. The predicted octanol–water partition coefficient (Wildman–Crippen LogP) is 1.44. The molecule has 1 aromatic rings. The first kappa shape index (κ1) is 14.0. The minimum Gasteiger partial charge on any atom is -0.475 e. The number of Topliss-reactive ketones (excluding diaryl/α,β-unsaturated/α-hetero) is 1. The zero-order valence-corrected chi connectivity index (χ0v) is 10.8. The maximum absolute atomic E-state index is 11.9. The van der Waals surface area contributed by atoms with Crippen molar-refractivity contribution in [3.8, 4) is 0 Å². The average molecular weight is 277 g/mol. The van der Waals surface area contributed by atoms with Crippen LogP contribution in [-0.4, -0.2) is 40.4 Å². The van der Waals surface area contributed by atoms with E-state index in [0.717, 1.165) is 5.56 Å². The van der Waals surface area contributed by atoms with E-state index in [4.69, 9.17) is 9.84 Å². The molecular weight excluding hydrogens is 262 g/mol. The fraction of sp³-hybridized carbons (Fsp3) is 0.357. The number of aliphatic carboxylic acids is 1. The lowest BCUT2D eigenvalue weighted by atomic mass is 10.1. The Kier molecular flexibility index (Phi) is 4.34. The molecule has 20 heavy (non-hydrogen) atoms. The zero-order chi connectivity index (χ0) is 14.5. The van der Waals surface area contributed by atoms with Crippen LogP contribution < -0.4 is 0 Å². The standard InChI is InChI=1S/C14H15NO5/c16-12(13(17)18)11-7-4-8-15(11)14(19)20-9-10-5-2-1-3-6-10/h1-3,5-6,11H,4,7-9H2,(H,17,18)/t11-/m0/s1. The fourth-order valence-electron chi connectivity index (χ4n) is 2.20. The van der Waals surface area contributed by atoms with Gasteiger partial charge in [-0.05, 0) is 18.4 Å². The molecule has 6 heteroatoms. The predicted molar refractivity (Wildman–Crippen MR) is 69.0 cm³/mol. The summed E-state index contributed by atoms with van der Waals surface area (Å²) in [5, 5.41) is 8.72. The second-order valence-electron chi connectivity index (χ2n) is 4.56. The molecule has 1 heterocycles. The van der Waals surface area contributed by atoms with Gasteiger partial charge in [0.25, 0.3) is 5.78 Å². The maximum Gasteiger partial charge on any atom is 0.410 e. The van der Waals surface area contributed by atoms with E-state index in [1.54, 1.807) is 0 Å². The third-order valence-electron chi connectivity index (χ3n) is 3.21. The Hall–Kier alpha value is -2.37. The summed E-state index contributed by atoms with van der Waals surface area (Å²) in [4.78, 5) is 35.3. The highest BCUT2D eigenvalue weighted by Crippen LogP contribution is 2.19. The summed E-state index contributed by atoms with van der Waals surface area (Å²) in [6.45, 7) is 0.446. The Morgan fingerprint density at radius 3 is 2.60 bits per heavy atom. The van der Waals surface area contributed by atoms with Gasteiger partial charge in [0.15, 0.2) is 0 Å². The van der Waals surface area contributed by atoms with Crippen LogP contribution in [0.25, 0.3) is 0 Å². The van der Waals surface area contributed by atoms with Gasteiger partial charge in [-0.15, -0.1) is 0 Å². The van der Waals surface area contributed by atoms with Gasteiger partial charge in [0.2, 0.25) is 0 Å². The Balaban J connectivity index is 1.94. The van der Waals surface area contributed by atoms with E-state index in [-0.39, 0.29) is 6.61 Å². The van der Waals surface area contributed by atoms with Crippen molar-refractivity contribution in [2.24, 2.45) is 0 Å². The summed E-state index contributed by atoms with van der Waals surface area (Å²) in [5.41, 5.74) is 0.834. The Labute approximate surface area is 115 Å². The largest absolute Gasteiger partial charge is 0.475 e.